The van der Waals surface area contributed by atoms with E-state index in [-0.39, 0.29) is 25.2 Å². The van der Waals surface area contributed by atoms with E-state index in [2.05, 4.69) is 0 Å². The van der Waals surface area contributed by atoms with Crippen molar-refractivity contribution in [2.24, 2.45) is 0 Å². The SMILES string of the molecule is O=C(O)CCCC1CCCCN1C(=O)OCc1ccccc1. The Morgan fingerprint density at radius 3 is 2.73 bits per heavy atom. The van der Waals surface area contributed by atoms with Crippen LogP contribution in [0, 0.1) is 0 Å². The highest BCUT2D eigenvalue weighted by Gasteiger charge is 2.27. The molecule has 0 aliphatic carbocycles. The molecule has 1 unspecified atom stereocenters. The minimum absolute atomic E-state index is 0.108. The van der Waals surface area contributed by atoms with Crippen LogP contribution in [0.25, 0.3) is 0 Å². The predicted octanol–water partition coefficient (Wildman–Crippen LogP) is 3.43. The van der Waals surface area contributed by atoms with Crippen LogP contribution in [0.2, 0.25) is 0 Å². The van der Waals surface area contributed by atoms with E-state index < -0.39 is 5.97 Å². The van der Waals surface area contributed by atoms with Crippen molar-refractivity contribution in [3.05, 3.63) is 35.9 Å². The van der Waals surface area contributed by atoms with E-state index in [1.165, 1.54) is 0 Å². The largest absolute Gasteiger partial charge is 0.481 e. The Bertz CT molecular complexity index is 489. The van der Waals surface area contributed by atoms with Gasteiger partial charge >= 0.3 is 12.1 Å². The lowest BCUT2D eigenvalue weighted by Crippen LogP contribution is -2.44. The Morgan fingerprint density at radius 1 is 1.23 bits per heavy atom. The molecule has 1 aromatic rings. The van der Waals surface area contributed by atoms with Crippen molar-refractivity contribution in [3.8, 4) is 0 Å². The van der Waals surface area contributed by atoms with Crippen LogP contribution in [0.1, 0.15) is 44.1 Å². The Morgan fingerprint density at radius 2 is 2.00 bits per heavy atom. The lowest BCUT2D eigenvalue weighted by atomic mass is 9.98. The summed E-state index contributed by atoms with van der Waals surface area (Å²) >= 11 is 0. The maximum absolute atomic E-state index is 12.3. The van der Waals surface area contributed by atoms with E-state index >= 15 is 0 Å². The number of rotatable bonds is 6. The molecule has 0 aromatic heterocycles. The topological polar surface area (TPSA) is 66.8 Å². The fourth-order valence-electron chi connectivity index (χ4n) is 2.83. The van der Waals surface area contributed by atoms with Gasteiger partial charge in [-0.3, -0.25) is 4.79 Å². The van der Waals surface area contributed by atoms with Crippen molar-refractivity contribution in [2.45, 2.75) is 51.2 Å². The average Bonchev–Trinajstić information content (AvgIpc) is 2.54. The molecule has 1 fully saturated rings. The summed E-state index contributed by atoms with van der Waals surface area (Å²) in [6.45, 7) is 0.976. The maximum Gasteiger partial charge on any atom is 0.410 e. The highest BCUT2D eigenvalue weighted by Crippen LogP contribution is 2.22. The van der Waals surface area contributed by atoms with Gasteiger partial charge in [-0.1, -0.05) is 30.3 Å². The van der Waals surface area contributed by atoms with E-state index in [4.69, 9.17) is 9.84 Å². The van der Waals surface area contributed by atoms with Crippen LogP contribution in [-0.4, -0.2) is 34.7 Å². The molecule has 1 heterocycles. The van der Waals surface area contributed by atoms with Crippen LogP contribution in [-0.2, 0) is 16.1 Å². The second-order valence-electron chi connectivity index (χ2n) is 5.67. The summed E-state index contributed by atoms with van der Waals surface area (Å²) in [7, 11) is 0. The first-order valence-corrected chi connectivity index (χ1v) is 7.86. The Labute approximate surface area is 130 Å². The molecular formula is C17H23NO4. The summed E-state index contributed by atoms with van der Waals surface area (Å²) < 4.78 is 5.40. The molecule has 0 saturated carbocycles. The molecule has 22 heavy (non-hydrogen) atoms. The van der Waals surface area contributed by atoms with Crippen molar-refractivity contribution in [1.82, 2.24) is 4.90 Å². The number of carboxylic acid groups (broad SMARTS) is 1. The third-order valence-electron chi connectivity index (χ3n) is 3.99. The number of amides is 1. The number of nitrogens with zero attached hydrogens (tertiary/aromatic N) is 1. The average molecular weight is 305 g/mol. The van der Waals surface area contributed by atoms with Crippen molar-refractivity contribution in [3.63, 3.8) is 0 Å². The summed E-state index contributed by atoms with van der Waals surface area (Å²) in [5.74, 6) is -0.783. The molecule has 120 valence electrons. The molecule has 1 saturated heterocycles. The van der Waals surface area contributed by atoms with Gasteiger partial charge in [-0.25, -0.2) is 4.79 Å². The van der Waals surface area contributed by atoms with Gasteiger partial charge in [0.1, 0.15) is 6.61 Å². The lowest BCUT2D eigenvalue weighted by Gasteiger charge is -2.35. The summed E-state index contributed by atoms with van der Waals surface area (Å²) in [6.07, 6.45) is 4.19. The summed E-state index contributed by atoms with van der Waals surface area (Å²) in [6, 6.07) is 9.71. The zero-order chi connectivity index (χ0) is 15.8. The van der Waals surface area contributed by atoms with E-state index in [0.717, 1.165) is 31.2 Å². The Kier molecular flexibility index (Phi) is 6.25. The molecule has 0 spiro atoms. The first-order chi connectivity index (χ1) is 10.7. The first kappa shape index (κ1) is 16.3. The number of carbonyl (C=O) groups excluding carboxylic acids is 1. The van der Waals surface area contributed by atoms with Gasteiger partial charge in [0.25, 0.3) is 0 Å². The summed E-state index contributed by atoms with van der Waals surface area (Å²) in [5, 5.41) is 8.72. The number of benzene rings is 1. The number of likely N-dealkylation sites (tertiary alicyclic amines) is 1. The molecule has 5 heteroatoms. The van der Waals surface area contributed by atoms with Gasteiger partial charge in [-0.15, -0.1) is 0 Å². The van der Waals surface area contributed by atoms with Gasteiger partial charge in [0.2, 0.25) is 0 Å². The molecule has 1 aliphatic rings. The minimum Gasteiger partial charge on any atom is -0.481 e. The van der Waals surface area contributed by atoms with Gasteiger partial charge in [0, 0.05) is 19.0 Å². The second kappa shape index (κ2) is 8.41. The van der Waals surface area contributed by atoms with Gasteiger partial charge in [-0.2, -0.15) is 0 Å². The van der Waals surface area contributed by atoms with Crippen LogP contribution in [0.3, 0.4) is 0 Å². The van der Waals surface area contributed by atoms with E-state index in [1.807, 2.05) is 30.3 Å². The third kappa shape index (κ3) is 5.06. The first-order valence-electron chi connectivity index (χ1n) is 7.86. The van der Waals surface area contributed by atoms with E-state index in [1.54, 1.807) is 4.90 Å². The maximum atomic E-state index is 12.3. The molecule has 1 aliphatic heterocycles. The fourth-order valence-corrected chi connectivity index (χ4v) is 2.83. The van der Waals surface area contributed by atoms with Crippen LogP contribution in [0.4, 0.5) is 4.79 Å². The Hall–Kier alpha value is -2.04. The highest BCUT2D eigenvalue weighted by atomic mass is 16.6. The molecule has 1 aromatic carbocycles. The minimum atomic E-state index is -0.783. The van der Waals surface area contributed by atoms with Crippen LogP contribution >= 0.6 is 0 Å². The van der Waals surface area contributed by atoms with Crippen molar-refractivity contribution >= 4 is 12.1 Å². The number of hydrogen-bond acceptors (Lipinski definition) is 3. The quantitative estimate of drug-likeness (QED) is 0.874. The molecule has 5 nitrogen and oxygen atoms in total. The van der Waals surface area contributed by atoms with Gasteiger partial charge < -0.3 is 14.7 Å². The molecule has 1 atom stereocenters. The van der Waals surface area contributed by atoms with Crippen molar-refractivity contribution in [2.75, 3.05) is 6.54 Å². The molecule has 0 radical (unpaired) electrons. The molecule has 2 rings (SSSR count). The molecular weight excluding hydrogens is 282 g/mol. The van der Waals surface area contributed by atoms with Gasteiger partial charge in [0.05, 0.1) is 0 Å². The number of hydrogen-bond donors (Lipinski definition) is 1. The smallest absolute Gasteiger partial charge is 0.410 e. The van der Waals surface area contributed by atoms with E-state index in [9.17, 15) is 9.59 Å². The molecule has 0 bridgehead atoms. The molecule has 1 N–H and O–H groups in total. The number of carboxylic acids is 1. The zero-order valence-electron chi connectivity index (χ0n) is 12.7. The third-order valence-corrected chi connectivity index (χ3v) is 3.99. The summed E-state index contributed by atoms with van der Waals surface area (Å²) in [4.78, 5) is 24.6. The number of aliphatic carboxylic acids is 1. The van der Waals surface area contributed by atoms with Gasteiger partial charge in [0.15, 0.2) is 0 Å². The predicted molar refractivity (Wildman–Crippen MR) is 82.5 cm³/mol. The van der Waals surface area contributed by atoms with Crippen LogP contribution < -0.4 is 0 Å². The summed E-state index contributed by atoms with van der Waals surface area (Å²) in [5.41, 5.74) is 0.968. The van der Waals surface area contributed by atoms with Crippen LogP contribution in [0.5, 0.6) is 0 Å². The van der Waals surface area contributed by atoms with Gasteiger partial charge in [-0.05, 0) is 37.7 Å². The Balaban J connectivity index is 1.83. The number of ether oxygens (including phenoxy) is 1. The standard InChI is InChI=1S/C17H23NO4/c19-16(20)11-6-10-15-9-4-5-12-18(15)17(21)22-13-14-7-2-1-3-8-14/h1-3,7-8,15H,4-6,9-13H2,(H,19,20). The van der Waals surface area contributed by atoms with Crippen molar-refractivity contribution in [1.29, 1.82) is 0 Å². The lowest BCUT2D eigenvalue weighted by molar-refractivity contribution is -0.137. The number of piperidine rings is 1. The highest BCUT2D eigenvalue weighted by molar-refractivity contribution is 5.68. The monoisotopic (exact) mass is 305 g/mol. The number of carbonyl (C=O) groups is 2. The van der Waals surface area contributed by atoms with E-state index in [0.29, 0.717) is 13.0 Å². The van der Waals surface area contributed by atoms with Crippen molar-refractivity contribution < 1.29 is 19.4 Å². The normalized spacial score (nSPS) is 18.0. The zero-order valence-corrected chi connectivity index (χ0v) is 12.7. The van der Waals surface area contributed by atoms with Crippen LogP contribution in [0.15, 0.2) is 30.3 Å². The molecule has 1 amide bonds. The fraction of sp³-hybridized carbons (Fsp3) is 0.529. The second-order valence-corrected chi connectivity index (χ2v) is 5.67.